The van der Waals surface area contributed by atoms with E-state index in [9.17, 15) is 0 Å². The van der Waals surface area contributed by atoms with E-state index in [0.29, 0.717) is 12.5 Å². The molecule has 1 saturated heterocycles. The third-order valence-corrected chi connectivity index (χ3v) is 4.71. The molecule has 0 bridgehead atoms. The zero-order valence-corrected chi connectivity index (χ0v) is 12.7. The van der Waals surface area contributed by atoms with Gasteiger partial charge >= 0.3 is 0 Å². The number of nitrogens with zero attached hydrogens (tertiary/aromatic N) is 3. The Hall–Kier alpha value is -1.11. The van der Waals surface area contributed by atoms with E-state index in [-0.39, 0.29) is 0 Å². The number of hydrogen-bond acceptors (Lipinski definition) is 5. The summed E-state index contributed by atoms with van der Waals surface area (Å²) >= 11 is 1.68. The highest BCUT2D eigenvalue weighted by Gasteiger charge is 2.20. The van der Waals surface area contributed by atoms with E-state index in [0.717, 1.165) is 49.8 Å². The normalized spacial score (nSPS) is 16.9. The molecule has 0 spiro atoms. The monoisotopic (exact) mass is 294 g/mol. The zero-order valence-electron chi connectivity index (χ0n) is 11.9. The number of ether oxygens (including phenoxy) is 1. The number of nitrogens with two attached hydrogens (primary N) is 1. The van der Waals surface area contributed by atoms with E-state index in [4.69, 9.17) is 15.5 Å². The first-order valence-electron chi connectivity index (χ1n) is 7.23. The lowest BCUT2D eigenvalue weighted by molar-refractivity contribution is 0.0685. The molecule has 2 aromatic rings. The van der Waals surface area contributed by atoms with Crippen LogP contribution in [0.2, 0.25) is 0 Å². The quantitative estimate of drug-likeness (QED) is 0.913. The fourth-order valence-corrected chi connectivity index (χ4v) is 3.63. The summed E-state index contributed by atoms with van der Waals surface area (Å²) in [7, 11) is 2.14. The van der Waals surface area contributed by atoms with Crippen molar-refractivity contribution in [1.82, 2.24) is 9.38 Å². The standard InChI is InChI=1S/C14H22N4OS/c1-17(10-11-3-7-19-8-4-11)13-12(2-5-15)18-6-9-20-14(18)16-13/h6,9,11H,2-5,7-8,10,15H2,1H3. The van der Waals surface area contributed by atoms with Gasteiger partial charge in [0, 0.05) is 44.8 Å². The first-order chi connectivity index (χ1) is 9.79. The van der Waals surface area contributed by atoms with Gasteiger partial charge in [-0.05, 0) is 25.3 Å². The van der Waals surface area contributed by atoms with Gasteiger partial charge in [-0.25, -0.2) is 4.98 Å². The van der Waals surface area contributed by atoms with Crippen LogP contribution in [0.25, 0.3) is 4.96 Å². The minimum Gasteiger partial charge on any atom is -0.381 e. The minimum atomic E-state index is 0.655. The predicted molar refractivity (Wildman–Crippen MR) is 82.6 cm³/mol. The van der Waals surface area contributed by atoms with Crippen molar-refractivity contribution in [2.45, 2.75) is 19.3 Å². The molecule has 1 fully saturated rings. The lowest BCUT2D eigenvalue weighted by atomic mass is 10.00. The number of thiazole rings is 1. The molecule has 6 heteroatoms. The van der Waals surface area contributed by atoms with Gasteiger partial charge < -0.3 is 15.4 Å². The van der Waals surface area contributed by atoms with Gasteiger partial charge in [0.25, 0.3) is 0 Å². The molecule has 0 aromatic carbocycles. The summed E-state index contributed by atoms with van der Waals surface area (Å²) in [6.45, 7) is 3.49. The Kier molecular flexibility index (Phi) is 4.24. The third-order valence-electron chi connectivity index (χ3n) is 3.96. The number of rotatable bonds is 5. The summed E-state index contributed by atoms with van der Waals surface area (Å²) in [6.07, 6.45) is 5.26. The summed E-state index contributed by atoms with van der Waals surface area (Å²) in [5.74, 6) is 1.80. The molecule has 2 N–H and O–H groups in total. The van der Waals surface area contributed by atoms with Crippen molar-refractivity contribution in [3.8, 4) is 0 Å². The molecule has 3 rings (SSSR count). The Bertz CT molecular complexity index is 559. The van der Waals surface area contributed by atoms with Crippen molar-refractivity contribution in [3.05, 3.63) is 17.3 Å². The van der Waals surface area contributed by atoms with Gasteiger partial charge in [0.2, 0.25) is 0 Å². The van der Waals surface area contributed by atoms with Crippen LogP contribution < -0.4 is 10.6 Å². The summed E-state index contributed by atoms with van der Waals surface area (Å²) < 4.78 is 7.61. The number of hydrogen-bond donors (Lipinski definition) is 1. The Morgan fingerprint density at radius 3 is 3.05 bits per heavy atom. The van der Waals surface area contributed by atoms with Crippen LogP contribution in [-0.2, 0) is 11.2 Å². The Labute approximate surface area is 123 Å². The maximum Gasteiger partial charge on any atom is 0.195 e. The molecule has 110 valence electrons. The molecule has 0 unspecified atom stereocenters. The van der Waals surface area contributed by atoms with E-state index in [1.165, 1.54) is 5.69 Å². The molecule has 3 heterocycles. The lowest BCUT2D eigenvalue weighted by Gasteiger charge is -2.27. The average Bonchev–Trinajstić information content (AvgIpc) is 3.03. The predicted octanol–water partition coefficient (Wildman–Crippen LogP) is 1.76. The van der Waals surface area contributed by atoms with Crippen molar-refractivity contribution in [2.75, 3.05) is 38.3 Å². The minimum absolute atomic E-state index is 0.655. The number of anilines is 1. The van der Waals surface area contributed by atoms with Crippen molar-refractivity contribution in [2.24, 2.45) is 11.7 Å². The largest absolute Gasteiger partial charge is 0.381 e. The molecule has 5 nitrogen and oxygen atoms in total. The summed E-state index contributed by atoms with van der Waals surface area (Å²) in [5.41, 5.74) is 6.99. The first kappa shape index (κ1) is 13.9. The van der Waals surface area contributed by atoms with Gasteiger partial charge in [0.1, 0.15) is 0 Å². The van der Waals surface area contributed by atoms with Gasteiger partial charge in [-0.1, -0.05) is 0 Å². The van der Waals surface area contributed by atoms with Crippen LogP contribution in [0.5, 0.6) is 0 Å². The van der Waals surface area contributed by atoms with E-state index >= 15 is 0 Å². The molecule has 1 aliphatic heterocycles. The van der Waals surface area contributed by atoms with E-state index in [1.807, 2.05) is 0 Å². The molecule has 0 amide bonds. The second-order valence-electron chi connectivity index (χ2n) is 5.41. The maximum absolute atomic E-state index is 5.76. The summed E-state index contributed by atoms with van der Waals surface area (Å²) in [4.78, 5) is 8.13. The van der Waals surface area contributed by atoms with Crippen molar-refractivity contribution < 1.29 is 4.74 Å². The van der Waals surface area contributed by atoms with Crippen molar-refractivity contribution >= 4 is 22.1 Å². The van der Waals surface area contributed by atoms with Gasteiger partial charge in [0.15, 0.2) is 10.8 Å². The van der Waals surface area contributed by atoms with Crippen LogP contribution in [0.15, 0.2) is 11.6 Å². The van der Waals surface area contributed by atoms with Crippen LogP contribution >= 0.6 is 11.3 Å². The van der Waals surface area contributed by atoms with Crippen LogP contribution in [0.3, 0.4) is 0 Å². The smallest absolute Gasteiger partial charge is 0.195 e. The second kappa shape index (κ2) is 6.11. The summed E-state index contributed by atoms with van der Waals surface area (Å²) in [5, 5.41) is 2.07. The number of fused-ring (bicyclic) bond motifs is 1. The number of aromatic nitrogens is 2. The first-order valence-corrected chi connectivity index (χ1v) is 8.11. The molecular formula is C14H22N4OS. The SMILES string of the molecule is CN(CC1CCOCC1)c1nc2sccn2c1CCN. The van der Waals surface area contributed by atoms with Crippen molar-refractivity contribution in [3.63, 3.8) is 0 Å². The fraction of sp³-hybridized carbons (Fsp3) is 0.643. The van der Waals surface area contributed by atoms with Crippen LogP contribution in [0.4, 0.5) is 5.82 Å². The summed E-state index contributed by atoms with van der Waals surface area (Å²) in [6, 6.07) is 0. The van der Waals surface area contributed by atoms with Gasteiger partial charge in [0.05, 0.1) is 5.69 Å². The lowest BCUT2D eigenvalue weighted by Crippen LogP contribution is -2.30. The highest BCUT2D eigenvalue weighted by Crippen LogP contribution is 2.26. The van der Waals surface area contributed by atoms with Crippen LogP contribution in [-0.4, -0.2) is 42.7 Å². The molecule has 1 aliphatic rings. The highest BCUT2D eigenvalue weighted by atomic mass is 32.1. The molecule has 20 heavy (non-hydrogen) atoms. The Morgan fingerprint density at radius 2 is 2.30 bits per heavy atom. The molecule has 0 saturated carbocycles. The third kappa shape index (κ3) is 2.68. The fourth-order valence-electron chi connectivity index (χ4n) is 2.90. The van der Waals surface area contributed by atoms with Crippen LogP contribution in [0.1, 0.15) is 18.5 Å². The molecule has 2 aromatic heterocycles. The van der Waals surface area contributed by atoms with E-state index in [2.05, 4.69) is 27.9 Å². The Balaban J connectivity index is 1.80. The average molecular weight is 294 g/mol. The van der Waals surface area contributed by atoms with Gasteiger partial charge in [-0.15, -0.1) is 11.3 Å². The van der Waals surface area contributed by atoms with Crippen molar-refractivity contribution in [1.29, 1.82) is 0 Å². The zero-order chi connectivity index (χ0) is 13.9. The molecular weight excluding hydrogens is 272 g/mol. The second-order valence-corrected chi connectivity index (χ2v) is 6.29. The van der Waals surface area contributed by atoms with E-state index < -0.39 is 0 Å². The maximum atomic E-state index is 5.76. The van der Waals surface area contributed by atoms with Gasteiger partial charge in [-0.3, -0.25) is 4.40 Å². The highest BCUT2D eigenvalue weighted by molar-refractivity contribution is 7.15. The number of imidazole rings is 1. The molecule has 0 radical (unpaired) electrons. The van der Waals surface area contributed by atoms with Gasteiger partial charge in [-0.2, -0.15) is 0 Å². The molecule has 0 aliphatic carbocycles. The Morgan fingerprint density at radius 1 is 1.50 bits per heavy atom. The van der Waals surface area contributed by atoms with Crippen LogP contribution in [0, 0.1) is 5.92 Å². The van der Waals surface area contributed by atoms with E-state index in [1.54, 1.807) is 11.3 Å². The topological polar surface area (TPSA) is 55.8 Å². The molecule has 0 atom stereocenters.